The molecule has 2 rings (SSSR count). The monoisotopic (exact) mass is 341 g/mol. The molecule has 0 heterocycles. The summed E-state index contributed by atoms with van der Waals surface area (Å²) in [6.45, 7) is 4.21. The van der Waals surface area contributed by atoms with Gasteiger partial charge < -0.3 is 0 Å². The number of Topliss-reactive ketones (excluding diaryl/α,β-unsaturated/α-hetero) is 1. The summed E-state index contributed by atoms with van der Waals surface area (Å²) in [6.07, 6.45) is 1.85. The number of carbonyl (C=O) groups excluding carboxylic acids is 1. The van der Waals surface area contributed by atoms with E-state index in [-0.39, 0.29) is 5.78 Å². The number of likely N-dealkylation sites (N-methyl/N-ethyl adjacent to an activating group) is 1. The van der Waals surface area contributed by atoms with Crippen LogP contribution in [0, 0.1) is 0 Å². The Hall–Kier alpha value is -1.58. The molecule has 1 unspecified atom stereocenters. The molecule has 24 heavy (non-hydrogen) atoms. The molecule has 1 atom stereocenters. The number of hydrogen-bond donors (Lipinski definition) is 0. The van der Waals surface area contributed by atoms with Crippen LogP contribution >= 0.6 is 11.8 Å². The van der Waals surface area contributed by atoms with Crippen LogP contribution in [0.2, 0.25) is 0 Å². The smallest absolute Gasteiger partial charge is 0.183 e. The van der Waals surface area contributed by atoms with Gasteiger partial charge in [0.25, 0.3) is 0 Å². The zero-order valence-corrected chi connectivity index (χ0v) is 15.9. The topological polar surface area (TPSA) is 20.3 Å². The highest BCUT2D eigenvalue weighted by Gasteiger charge is 2.36. The average molecular weight is 342 g/mol. The Balaban J connectivity index is 2.22. The second-order valence-corrected chi connectivity index (χ2v) is 7.70. The minimum Gasteiger partial charge on any atom is -0.297 e. The summed E-state index contributed by atoms with van der Waals surface area (Å²) < 4.78 is 0. The first-order valence-corrected chi connectivity index (χ1v) is 9.45. The summed E-state index contributed by atoms with van der Waals surface area (Å²) in [7, 11) is 3.96. The van der Waals surface area contributed by atoms with Crippen LogP contribution in [0.15, 0.2) is 59.5 Å². The maximum atomic E-state index is 13.2. The van der Waals surface area contributed by atoms with E-state index in [9.17, 15) is 4.79 Å². The number of benzene rings is 2. The molecule has 3 heteroatoms. The van der Waals surface area contributed by atoms with E-state index < -0.39 is 5.54 Å². The van der Waals surface area contributed by atoms with Gasteiger partial charge in [0.1, 0.15) is 0 Å². The van der Waals surface area contributed by atoms with Gasteiger partial charge in [-0.05, 0) is 57.3 Å². The standard InChI is InChI=1S/C21H27NOS/c1-5-15-24-19-13-11-18(12-14-19)20(23)21(2,22(3)4)16-17-9-7-6-8-10-17/h6-14H,5,15-16H2,1-4H3. The molecule has 0 aromatic heterocycles. The summed E-state index contributed by atoms with van der Waals surface area (Å²) in [6, 6.07) is 18.3. The second kappa shape index (κ2) is 8.50. The quantitative estimate of drug-likeness (QED) is 0.501. The largest absolute Gasteiger partial charge is 0.297 e. The molecular formula is C21H27NOS. The van der Waals surface area contributed by atoms with Crippen molar-refractivity contribution in [3.05, 3.63) is 65.7 Å². The molecule has 0 spiro atoms. The molecule has 0 N–H and O–H groups in total. The molecule has 0 amide bonds. The summed E-state index contributed by atoms with van der Waals surface area (Å²) in [5.74, 6) is 1.28. The fourth-order valence-electron chi connectivity index (χ4n) is 2.67. The average Bonchev–Trinajstić information content (AvgIpc) is 2.60. The molecule has 0 aliphatic rings. The molecule has 0 saturated heterocycles. The van der Waals surface area contributed by atoms with E-state index in [1.807, 2.05) is 68.0 Å². The van der Waals surface area contributed by atoms with Crippen LogP contribution in [-0.4, -0.2) is 36.1 Å². The van der Waals surface area contributed by atoms with Gasteiger partial charge in [-0.1, -0.05) is 49.4 Å². The number of thioether (sulfide) groups is 1. The molecule has 2 aromatic carbocycles. The Bertz CT molecular complexity index is 651. The molecule has 2 nitrogen and oxygen atoms in total. The van der Waals surface area contributed by atoms with Gasteiger partial charge in [-0.2, -0.15) is 0 Å². The highest BCUT2D eigenvalue weighted by Crippen LogP contribution is 2.26. The maximum absolute atomic E-state index is 13.2. The zero-order valence-electron chi connectivity index (χ0n) is 15.1. The van der Waals surface area contributed by atoms with Gasteiger partial charge in [0.2, 0.25) is 0 Å². The van der Waals surface area contributed by atoms with E-state index in [0.717, 1.165) is 17.7 Å². The normalized spacial score (nSPS) is 13.7. The minimum absolute atomic E-state index is 0.170. The molecule has 0 saturated carbocycles. The first-order valence-electron chi connectivity index (χ1n) is 8.46. The number of ketones is 1. The summed E-state index contributed by atoms with van der Waals surface area (Å²) in [5.41, 5.74) is 1.40. The Labute approximate surface area is 150 Å². The Morgan fingerprint density at radius 3 is 2.21 bits per heavy atom. The molecule has 0 bridgehead atoms. The highest BCUT2D eigenvalue weighted by atomic mass is 32.2. The van der Waals surface area contributed by atoms with Gasteiger partial charge in [0, 0.05) is 10.5 Å². The van der Waals surface area contributed by atoms with Gasteiger partial charge in [-0.25, -0.2) is 0 Å². The van der Waals surface area contributed by atoms with Crippen LogP contribution in [-0.2, 0) is 6.42 Å². The fourth-order valence-corrected chi connectivity index (χ4v) is 3.44. The van der Waals surface area contributed by atoms with E-state index in [1.54, 1.807) is 0 Å². The van der Waals surface area contributed by atoms with E-state index in [4.69, 9.17) is 0 Å². The van der Waals surface area contributed by atoms with E-state index in [2.05, 4.69) is 31.2 Å². The van der Waals surface area contributed by atoms with Crippen molar-refractivity contribution < 1.29 is 4.79 Å². The second-order valence-electron chi connectivity index (χ2n) is 6.53. The van der Waals surface area contributed by atoms with E-state index in [1.165, 1.54) is 10.5 Å². The highest BCUT2D eigenvalue weighted by molar-refractivity contribution is 7.99. The van der Waals surface area contributed by atoms with Crippen molar-refractivity contribution in [3.8, 4) is 0 Å². The van der Waals surface area contributed by atoms with E-state index in [0.29, 0.717) is 6.42 Å². The van der Waals surface area contributed by atoms with Crippen LogP contribution in [0.4, 0.5) is 0 Å². The minimum atomic E-state index is -0.556. The summed E-state index contributed by atoms with van der Waals surface area (Å²) in [5, 5.41) is 0. The lowest BCUT2D eigenvalue weighted by molar-refractivity contribution is 0.0719. The number of nitrogens with zero attached hydrogens (tertiary/aromatic N) is 1. The predicted molar refractivity (Wildman–Crippen MR) is 104 cm³/mol. The van der Waals surface area contributed by atoms with Crippen molar-refractivity contribution in [2.24, 2.45) is 0 Å². The van der Waals surface area contributed by atoms with Crippen molar-refractivity contribution in [1.82, 2.24) is 4.90 Å². The van der Waals surface area contributed by atoms with Crippen LogP contribution in [0.25, 0.3) is 0 Å². The lowest BCUT2D eigenvalue weighted by Crippen LogP contribution is -2.50. The molecule has 0 aliphatic heterocycles. The maximum Gasteiger partial charge on any atom is 0.183 e. The summed E-state index contributed by atoms with van der Waals surface area (Å²) >= 11 is 1.84. The van der Waals surface area contributed by atoms with Gasteiger partial charge in [0.05, 0.1) is 5.54 Å². The van der Waals surface area contributed by atoms with Crippen LogP contribution in [0.1, 0.15) is 36.2 Å². The van der Waals surface area contributed by atoms with Gasteiger partial charge in [-0.3, -0.25) is 9.69 Å². The lowest BCUT2D eigenvalue weighted by Gasteiger charge is -2.35. The van der Waals surface area contributed by atoms with Crippen molar-refractivity contribution in [2.45, 2.75) is 37.1 Å². The summed E-state index contributed by atoms with van der Waals surface area (Å²) in [4.78, 5) is 16.4. The SMILES string of the molecule is CCCSc1ccc(C(=O)C(C)(Cc2ccccc2)N(C)C)cc1. The number of hydrogen-bond acceptors (Lipinski definition) is 3. The Morgan fingerprint density at radius 2 is 1.67 bits per heavy atom. The van der Waals surface area contributed by atoms with Gasteiger partial charge >= 0.3 is 0 Å². The third-order valence-electron chi connectivity index (χ3n) is 4.46. The van der Waals surface area contributed by atoms with Gasteiger partial charge in [0.15, 0.2) is 5.78 Å². The van der Waals surface area contributed by atoms with Crippen LogP contribution in [0.5, 0.6) is 0 Å². The Morgan fingerprint density at radius 1 is 1.04 bits per heavy atom. The molecular weight excluding hydrogens is 314 g/mol. The first kappa shape index (κ1) is 18.8. The van der Waals surface area contributed by atoms with Crippen LogP contribution in [0.3, 0.4) is 0 Å². The molecule has 2 aromatic rings. The number of rotatable bonds is 8. The number of carbonyl (C=O) groups is 1. The first-order chi connectivity index (χ1) is 11.5. The zero-order chi connectivity index (χ0) is 17.6. The third-order valence-corrected chi connectivity index (χ3v) is 5.67. The van der Waals surface area contributed by atoms with Gasteiger partial charge in [-0.15, -0.1) is 11.8 Å². The molecule has 0 radical (unpaired) electrons. The fraction of sp³-hybridized carbons (Fsp3) is 0.381. The molecule has 0 fully saturated rings. The van der Waals surface area contributed by atoms with Crippen molar-refractivity contribution in [1.29, 1.82) is 0 Å². The lowest BCUT2D eigenvalue weighted by atomic mass is 9.84. The molecule has 128 valence electrons. The van der Waals surface area contributed by atoms with Crippen LogP contribution < -0.4 is 0 Å². The van der Waals surface area contributed by atoms with Crippen molar-refractivity contribution in [2.75, 3.05) is 19.8 Å². The van der Waals surface area contributed by atoms with Crippen molar-refractivity contribution >= 4 is 17.5 Å². The van der Waals surface area contributed by atoms with E-state index >= 15 is 0 Å². The van der Waals surface area contributed by atoms with Crippen molar-refractivity contribution in [3.63, 3.8) is 0 Å². The third kappa shape index (κ3) is 4.49. The Kier molecular flexibility index (Phi) is 6.64. The predicted octanol–water partition coefficient (Wildman–Crippen LogP) is 4.93. The molecule has 0 aliphatic carbocycles.